The summed E-state index contributed by atoms with van der Waals surface area (Å²) in [6, 6.07) is 14.9. The van der Waals surface area contributed by atoms with Gasteiger partial charge in [0, 0.05) is 27.8 Å². The summed E-state index contributed by atoms with van der Waals surface area (Å²) >= 11 is 11.2. The van der Waals surface area contributed by atoms with Crippen LogP contribution < -0.4 is 5.32 Å². The first kappa shape index (κ1) is 24.8. The van der Waals surface area contributed by atoms with Gasteiger partial charge in [0.25, 0.3) is 0 Å². The van der Waals surface area contributed by atoms with Crippen LogP contribution in [0.4, 0.5) is 0 Å². The van der Waals surface area contributed by atoms with Gasteiger partial charge in [-0.05, 0) is 49.6 Å². The van der Waals surface area contributed by atoms with Gasteiger partial charge in [0.2, 0.25) is 11.8 Å². The molecule has 0 aliphatic carbocycles. The molecule has 2 atom stereocenters. The summed E-state index contributed by atoms with van der Waals surface area (Å²) in [5.41, 5.74) is 1.97. The standard InChI is InChI=1S/C23H28BrClN2O2S/c1-4-16(2)26-23(29)17(3)27(13-18-8-7-10-20(24)12-18)22(28)15-30-14-19-9-5-6-11-21(19)25/h5-12,16-17H,4,13-15H2,1-3H3,(H,26,29)/t16-,17-/m1/s1. The van der Waals surface area contributed by atoms with Crippen molar-refractivity contribution in [1.82, 2.24) is 10.2 Å². The van der Waals surface area contributed by atoms with Gasteiger partial charge >= 0.3 is 0 Å². The number of carbonyl (C=O) groups is 2. The van der Waals surface area contributed by atoms with Gasteiger partial charge in [-0.15, -0.1) is 11.8 Å². The van der Waals surface area contributed by atoms with Crippen LogP contribution in [-0.2, 0) is 21.9 Å². The Kier molecular flexibility index (Phi) is 10.2. The van der Waals surface area contributed by atoms with Crippen molar-refractivity contribution >= 4 is 51.1 Å². The Hall–Kier alpha value is -1.50. The minimum Gasteiger partial charge on any atom is -0.352 e. The molecule has 0 aliphatic heterocycles. The Morgan fingerprint density at radius 1 is 1.17 bits per heavy atom. The number of halogens is 2. The Balaban J connectivity index is 2.09. The van der Waals surface area contributed by atoms with Crippen LogP contribution in [0.3, 0.4) is 0 Å². The minimum absolute atomic E-state index is 0.0670. The lowest BCUT2D eigenvalue weighted by Crippen LogP contribution is -2.50. The number of nitrogens with one attached hydrogen (secondary N) is 1. The van der Waals surface area contributed by atoms with Crippen molar-refractivity contribution < 1.29 is 9.59 Å². The number of benzene rings is 2. The van der Waals surface area contributed by atoms with Crippen LogP contribution in [0, 0.1) is 0 Å². The van der Waals surface area contributed by atoms with Crippen LogP contribution >= 0.6 is 39.3 Å². The maximum Gasteiger partial charge on any atom is 0.242 e. The average molecular weight is 512 g/mol. The molecule has 0 saturated heterocycles. The maximum absolute atomic E-state index is 13.1. The van der Waals surface area contributed by atoms with Crippen molar-refractivity contribution in [3.8, 4) is 0 Å². The second-order valence-electron chi connectivity index (χ2n) is 7.23. The summed E-state index contributed by atoms with van der Waals surface area (Å²) < 4.78 is 0.942. The maximum atomic E-state index is 13.1. The van der Waals surface area contributed by atoms with E-state index in [2.05, 4.69) is 21.2 Å². The number of amides is 2. The van der Waals surface area contributed by atoms with E-state index in [0.29, 0.717) is 17.3 Å². The molecule has 0 fully saturated rings. The van der Waals surface area contributed by atoms with Crippen molar-refractivity contribution in [2.45, 2.75) is 51.6 Å². The quantitative estimate of drug-likeness (QED) is 0.447. The summed E-state index contributed by atoms with van der Waals surface area (Å²) in [7, 11) is 0. The lowest BCUT2D eigenvalue weighted by molar-refractivity contribution is -0.138. The summed E-state index contributed by atoms with van der Waals surface area (Å²) in [5, 5.41) is 3.68. The van der Waals surface area contributed by atoms with Crippen molar-refractivity contribution in [2.24, 2.45) is 0 Å². The van der Waals surface area contributed by atoms with Crippen molar-refractivity contribution in [3.63, 3.8) is 0 Å². The van der Waals surface area contributed by atoms with Gasteiger partial charge in [0.05, 0.1) is 5.75 Å². The highest BCUT2D eigenvalue weighted by Gasteiger charge is 2.26. The second kappa shape index (κ2) is 12.4. The predicted molar refractivity (Wildman–Crippen MR) is 130 cm³/mol. The molecule has 2 aromatic carbocycles. The predicted octanol–water partition coefficient (Wildman–Crippen LogP) is 5.67. The SMILES string of the molecule is CC[C@@H](C)NC(=O)[C@@H](C)N(Cc1cccc(Br)c1)C(=O)CSCc1ccccc1Cl. The van der Waals surface area contributed by atoms with Crippen LogP contribution in [0.15, 0.2) is 53.0 Å². The highest BCUT2D eigenvalue weighted by Crippen LogP contribution is 2.22. The molecule has 7 heteroatoms. The van der Waals surface area contributed by atoms with E-state index in [1.165, 1.54) is 11.8 Å². The fourth-order valence-electron chi connectivity index (χ4n) is 2.83. The van der Waals surface area contributed by atoms with E-state index >= 15 is 0 Å². The monoisotopic (exact) mass is 510 g/mol. The number of hydrogen-bond acceptors (Lipinski definition) is 3. The molecule has 0 aromatic heterocycles. The number of nitrogens with zero attached hydrogens (tertiary/aromatic N) is 1. The van der Waals surface area contributed by atoms with E-state index in [9.17, 15) is 9.59 Å². The lowest BCUT2D eigenvalue weighted by Gasteiger charge is -2.29. The third-order valence-electron chi connectivity index (χ3n) is 4.85. The van der Waals surface area contributed by atoms with Gasteiger partial charge in [0.15, 0.2) is 0 Å². The zero-order chi connectivity index (χ0) is 22.1. The largest absolute Gasteiger partial charge is 0.352 e. The van der Waals surface area contributed by atoms with Crippen molar-refractivity contribution in [3.05, 3.63) is 69.2 Å². The molecule has 0 heterocycles. The summed E-state index contributed by atoms with van der Waals surface area (Å²) in [5.74, 6) is 0.715. The van der Waals surface area contributed by atoms with Crippen molar-refractivity contribution in [1.29, 1.82) is 0 Å². The van der Waals surface area contributed by atoms with Crippen LogP contribution in [0.1, 0.15) is 38.3 Å². The van der Waals surface area contributed by atoms with Crippen molar-refractivity contribution in [2.75, 3.05) is 5.75 Å². The number of carbonyl (C=O) groups excluding carboxylic acids is 2. The molecule has 162 valence electrons. The molecule has 4 nitrogen and oxygen atoms in total. The lowest BCUT2D eigenvalue weighted by atomic mass is 10.1. The summed E-state index contributed by atoms with van der Waals surface area (Å²) in [4.78, 5) is 27.5. The van der Waals surface area contributed by atoms with Gasteiger partial charge in [-0.1, -0.05) is 64.8 Å². The zero-order valence-corrected chi connectivity index (χ0v) is 20.7. The molecule has 30 heavy (non-hydrogen) atoms. The van der Waals surface area contributed by atoms with Gasteiger partial charge in [0.1, 0.15) is 6.04 Å². The first-order valence-electron chi connectivity index (χ1n) is 9.97. The number of thioether (sulfide) groups is 1. The molecule has 2 aromatic rings. The van der Waals surface area contributed by atoms with E-state index < -0.39 is 6.04 Å². The van der Waals surface area contributed by atoms with Crippen LogP contribution in [0.2, 0.25) is 5.02 Å². The molecule has 0 aliphatic rings. The molecule has 2 amide bonds. The molecule has 1 N–H and O–H groups in total. The van der Waals surface area contributed by atoms with Crippen LogP contribution in [-0.4, -0.2) is 34.6 Å². The molecule has 2 rings (SSSR count). The van der Waals surface area contributed by atoms with Gasteiger partial charge in [-0.3, -0.25) is 9.59 Å². The third kappa shape index (κ3) is 7.64. The van der Waals surface area contributed by atoms with E-state index in [1.807, 2.05) is 62.4 Å². The molecular formula is C23H28BrClN2O2S. The molecule has 0 bridgehead atoms. The number of hydrogen-bond donors (Lipinski definition) is 1. The molecule has 0 saturated carbocycles. The fraction of sp³-hybridized carbons (Fsp3) is 0.391. The van der Waals surface area contributed by atoms with Crippen LogP contribution in [0.5, 0.6) is 0 Å². The normalized spacial score (nSPS) is 12.8. The topological polar surface area (TPSA) is 49.4 Å². The molecule has 0 spiro atoms. The highest BCUT2D eigenvalue weighted by molar-refractivity contribution is 9.10. The Bertz CT molecular complexity index is 865. The van der Waals surface area contributed by atoms with Gasteiger partial charge in [-0.25, -0.2) is 0 Å². The molecular weight excluding hydrogens is 484 g/mol. The van der Waals surface area contributed by atoms with Gasteiger partial charge in [-0.2, -0.15) is 0 Å². The Labute approximate surface area is 196 Å². The van der Waals surface area contributed by atoms with E-state index in [0.717, 1.165) is 22.0 Å². The molecule has 0 unspecified atom stereocenters. The minimum atomic E-state index is -0.564. The van der Waals surface area contributed by atoms with Gasteiger partial charge < -0.3 is 10.2 Å². The fourth-order valence-corrected chi connectivity index (χ4v) is 4.47. The summed E-state index contributed by atoms with van der Waals surface area (Å²) in [6.07, 6.45) is 0.839. The smallest absolute Gasteiger partial charge is 0.242 e. The first-order chi connectivity index (χ1) is 14.3. The van der Waals surface area contributed by atoms with E-state index in [4.69, 9.17) is 11.6 Å². The average Bonchev–Trinajstić information content (AvgIpc) is 2.72. The van der Waals surface area contributed by atoms with E-state index in [-0.39, 0.29) is 23.6 Å². The van der Waals surface area contributed by atoms with Crippen LogP contribution in [0.25, 0.3) is 0 Å². The molecule has 0 radical (unpaired) electrons. The summed E-state index contributed by atoms with van der Waals surface area (Å²) in [6.45, 7) is 6.14. The zero-order valence-electron chi connectivity index (χ0n) is 17.5. The third-order valence-corrected chi connectivity index (χ3v) is 6.68. The van der Waals surface area contributed by atoms with E-state index in [1.54, 1.807) is 11.8 Å². The Morgan fingerprint density at radius 3 is 2.57 bits per heavy atom. The first-order valence-corrected chi connectivity index (χ1v) is 12.3. The Morgan fingerprint density at radius 2 is 1.90 bits per heavy atom. The number of rotatable bonds is 10. The second-order valence-corrected chi connectivity index (χ2v) is 9.54. The highest BCUT2D eigenvalue weighted by atomic mass is 79.9.